The van der Waals surface area contributed by atoms with Crippen LogP contribution in [0.2, 0.25) is 0 Å². The van der Waals surface area contributed by atoms with Crippen LogP contribution < -0.4 is 10.0 Å². The van der Waals surface area contributed by atoms with Crippen LogP contribution in [0, 0.1) is 6.92 Å². The Morgan fingerprint density at radius 1 is 0.968 bits per heavy atom. The van der Waals surface area contributed by atoms with Crippen LogP contribution in [0.5, 0.6) is 0 Å². The van der Waals surface area contributed by atoms with E-state index in [2.05, 4.69) is 10.0 Å². The third-order valence-electron chi connectivity index (χ3n) is 3.87. The molecule has 166 valence electrons. The van der Waals surface area contributed by atoms with Gasteiger partial charge in [0.2, 0.25) is 10.0 Å². The number of ether oxygens (including phenoxy) is 1. The van der Waals surface area contributed by atoms with E-state index in [9.17, 15) is 26.4 Å². The molecule has 0 atom stereocenters. The molecule has 0 saturated heterocycles. The van der Waals surface area contributed by atoms with Gasteiger partial charge in [-0.15, -0.1) is 0 Å². The number of anilines is 1. The number of hydrogen-bond donors (Lipinski definition) is 2. The first kappa shape index (κ1) is 24.3. The van der Waals surface area contributed by atoms with Gasteiger partial charge in [-0.1, -0.05) is 29.8 Å². The normalized spacial score (nSPS) is 11.9. The zero-order valence-corrected chi connectivity index (χ0v) is 18.5. The summed E-state index contributed by atoms with van der Waals surface area (Å²) in [5.41, 5.74) is 2.03. The molecule has 31 heavy (non-hydrogen) atoms. The van der Waals surface area contributed by atoms with Gasteiger partial charge in [0.25, 0.3) is 5.91 Å². The first-order valence-corrected chi connectivity index (χ1v) is 12.4. The predicted octanol–water partition coefficient (Wildman–Crippen LogP) is 1.47. The van der Waals surface area contributed by atoms with Crippen molar-refractivity contribution >= 4 is 43.5 Å². The van der Waals surface area contributed by atoms with Crippen molar-refractivity contribution in [2.75, 3.05) is 24.7 Å². The summed E-state index contributed by atoms with van der Waals surface area (Å²) in [5.74, 6) is -1.60. The molecule has 0 spiro atoms. The minimum Gasteiger partial charge on any atom is -0.455 e. The molecule has 1 amide bonds. The standard InChI is InChI=1S/C20H22N2O7S2/c1-15-3-5-16(6-4-15)11-12-31(27,28)21-13-20(24)29-14-19(23)22-17-7-9-18(10-8-17)30(2,25)26/h3-12,21H,13-14H2,1-2H3,(H,22,23)/b12-11+. The Morgan fingerprint density at radius 3 is 2.16 bits per heavy atom. The van der Waals surface area contributed by atoms with E-state index in [1.165, 1.54) is 30.3 Å². The Morgan fingerprint density at radius 2 is 1.58 bits per heavy atom. The monoisotopic (exact) mass is 466 g/mol. The van der Waals surface area contributed by atoms with Crippen molar-refractivity contribution in [2.45, 2.75) is 11.8 Å². The summed E-state index contributed by atoms with van der Waals surface area (Å²) in [7, 11) is -7.22. The zero-order chi connectivity index (χ0) is 23.1. The van der Waals surface area contributed by atoms with Crippen molar-refractivity contribution in [3.05, 3.63) is 65.1 Å². The molecule has 0 aliphatic heterocycles. The molecule has 0 aliphatic rings. The van der Waals surface area contributed by atoms with E-state index in [0.717, 1.165) is 17.2 Å². The van der Waals surface area contributed by atoms with Crippen molar-refractivity contribution in [2.24, 2.45) is 0 Å². The van der Waals surface area contributed by atoms with Gasteiger partial charge in [0.05, 0.1) is 4.90 Å². The molecule has 0 heterocycles. The number of hydrogen-bond acceptors (Lipinski definition) is 7. The van der Waals surface area contributed by atoms with Crippen LogP contribution in [0.3, 0.4) is 0 Å². The molecule has 0 bridgehead atoms. The lowest BCUT2D eigenvalue weighted by atomic mass is 10.2. The fourth-order valence-corrected chi connectivity index (χ4v) is 3.61. The highest BCUT2D eigenvalue weighted by molar-refractivity contribution is 7.92. The van der Waals surface area contributed by atoms with Gasteiger partial charge in [-0.2, -0.15) is 0 Å². The van der Waals surface area contributed by atoms with Gasteiger partial charge in [0, 0.05) is 17.4 Å². The minimum absolute atomic E-state index is 0.0978. The third-order valence-corrected chi connectivity index (χ3v) is 6.03. The van der Waals surface area contributed by atoms with Crippen LogP contribution in [-0.2, 0) is 34.2 Å². The summed E-state index contributed by atoms with van der Waals surface area (Å²) < 4.78 is 53.4. The van der Waals surface area contributed by atoms with Crippen molar-refractivity contribution in [3.63, 3.8) is 0 Å². The summed E-state index contributed by atoms with van der Waals surface area (Å²) in [4.78, 5) is 23.6. The molecule has 11 heteroatoms. The molecular formula is C20H22N2O7S2. The molecule has 0 unspecified atom stereocenters. The summed E-state index contributed by atoms with van der Waals surface area (Å²) in [6, 6.07) is 12.6. The van der Waals surface area contributed by atoms with Crippen LogP contribution in [0.4, 0.5) is 5.69 Å². The average molecular weight is 467 g/mol. The van der Waals surface area contributed by atoms with Crippen LogP contribution in [0.25, 0.3) is 6.08 Å². The Balaban J connectivity index is 1.77. The van der Waals surface area contributed by atoms with Gasteiger partial charge in [0.15, 0.2) is 16.4 Å². The van der Waals surface area contributed by atoms with E-state index in [1.54, 1.807) is 12.1 Å². The fourth-order valence-electron chi connectivity index (χ4n) is 2.23. The fraction of sp³-hybridized carbons (Fsp3) is 0.200. The van der Waals surface area contributed by atoms with Crippen molar-refractivity contribution < 1.29 is 31.2 Å². The summed E-state index contributed by atoms with van der Waals surface area (Å²) >= 11 is 0. The number of aryl methyl sites for hydroxylation is 1. The number of rotatable bonds is 9. The number of sulfone groups is 1. The van der Waals surface area contributed by atoms with Crippen LogP contribution in [0.15, 0.2) is 58.8 Å². The quantitative estimate of drug-likeness (QED) is 0.534. The Bertz CT molecular complexity index is 1170. The van der Waals surface area contributed by atoms with Crippen LogP contribution in [0.1, 0.15) is 11.1 Å². The highest BCUT2D eigenvalue weighted by atomic mass is 32.2. The van der Waals surface area contributed by atoms with E-state index in [1.807, 2.05) is 19.1 Å². The zero-order valence-electron chi connectivity index (χ0n) is 16.9. The Hall–Kier alpha value is -3.02. The lowest BCUT2D eigenvalue weighted by Gasteiger charge is -2.07. The molecule has 0 saturated carbocycles. The Labute approximate surface area is 181 Å². The molecule has 2 rings (SSSR count). The molecule has 0 aliphatic carbocycles. The number of benzene rings is 2. The number of amides is 1. The summed E-state index contributed by atoms with van der Waals surface area (Å²) in [6.45, 7) is 0.636. The smallest absolute Gasteiger partial charge is 0.321 e. The molecule has 0 radical (unpaired) electrons. The van der Waals surface area contributed by atoms with Gasteiger partial charge in [-0.3, -0.25) is 9.59 Å². The summed E-state index contributed by atoms with van der Waals surface area (Å²) in [6.07, 6.45) is 2.45. The molecule has 2 N–H and O–H groups in total. The van der Waals surface area contributed by atoms with Crippen LogP contribution >= 0.6 is 0 Å². The van der Waals surface area contributed by atoms with Gasteiger partial charge in [-0.25, -0.2) is 21.6 Å². The maximum atomic E-state index is 11.9. The molecular weight excluding hydrogens is 444 g/mol. The lowest BCUT2D eigenvalue weighted by molar-refractivity contribution is -0.146. The number of carbonyl (C=O) groups is 2. The molecule has 2 aromatic carbocycles. The molecule has 0 fully saturated rings. The topological polar surface area (TPSA) is 136 Å². The van der Waals surface area contributed by atoms with Gasteiger partial charge in [0.1, 0.15) is 6.54 Å². The number of carbonyl (C=O) groups excluding carboxylic acids is 2. The first-order chi connectivity index (χ1) is 14.4. The van der Waals surface area contributed by atoms with E-state index < -0.39 is 44.9 Å². The highest BCUT2D eigenvalue weighted by Crippen LogP contribution is 2.13. The third kappa shape index (κ3) is 8.70. The number of esters is 1. The molecule has 0 aromatic heterocycles. The first-order valence-electron chi connectivity index (χ1n) is 8.95. The second-order valence-corrected chi connectivity index (χ2v) is 10.3. The predicted molar refractivity (Wildman–Crippen MR) is 116 cm³/mol. The largest absolute Gasteiger partial charge is 0.455 e. The van der Waals surface area contributed by atoms with E-state index >= 15 is 0 Å². The van der Waals surface area contributed by atoms with Gasteiger partial charge >= 0.3 is 5.97 Å². The van der Waals surface area contributed by atoms with Gasteiger partial charge < -0.3 is 10.1 Å². The van der Waals surface area contributed by atoms with E-state index in [0.29, 0.717) is 11.3 Å². The minimum atomic E-state index is -3.87. The van der Waals surface area contributed by atoms with Crippen LogP contribution in [-0.4, -0.2) is 48.1 Å². The second kappa shape index (κ2) is 10.3. The summed E-state index contributed by atoms with van der Waals surface area (Å²) in [5, 5.41) is 3.36. The average Bonchev–Trinajstić information content (AvgIpc) is 2.70. The van der Waals surface area contributed by atoms with Crippen molar-refractivity contribution in [3.8, 4) is 0 Å². The van der Waals surface area contributed by atoms with Crippen molar-refractivity contribution in [1.82, 2.24) is 4.72 Å². The lowest BCUT2D eigenvalue weighted by Crippen LogP contribution is -2.31. The highest BCUT2D eigenvalue weighted by Gasteiger charge is 2.12. The second-order valence-electron chi connectivity index (χ2n) is 6.58. The van der Waals surface area contributed by atoms with Gasteiger partial charge in [-0.05, 0) is 42.8 Å². The maximum Gasteiger partial charge on any atom is 0.321 e. The SMILES string of the molecule is Cc1ccc(/C=C/S(=O)(=O)NCC(=O)OCC(=O)Nc2ccc(S(C)(=O)=O)cc2)cc1. The number of sulfonamides is 1. The van der Waals surface area contributed by atoms with Crippen molar-refractivity contribution in [1.29, 1.82) is 0 Å². The molecule has 9 nitrogen and oxygen atoms in total. The maximum absolute atomic E-state index is 11.9. The van der Waals surface area contributed by atoms with E-state index in [4.69, 9.17) is 4.74 Å². The van der Waals surface area contributed by atoms with E-state index in [-0.39, 0.29) is 4.90 Å². The Kier molecular flexibility index (Phi) is 8.08. The number of nitrogens with one attached hydrogen (secondary N) is 2. The molecule has 2 aromatic rings.